The van der Waals surface area contributed by atoms with Gasteiger partial charge >= 0.3 is 0 Å². The highest BCUT2D eigenvalue weighted by Gasteiger charge is 2.08. The molecule has 0 N–H and O–H groups in total. The zero-order valence-corrected chi connectivity index (χ0v) is 13.0. The molecule has 0 spiro atoms. The predicted molar refractivity (Wildman–Crippen MR) is 81.7 cm³/mol. The standard InChI is InChI=1S/C16H25ClO2/c1-4-7-14(17)10-8-13-9-11-15(18-5-2)16(12-13)19-6-3/h9,11-12,14H,4-8,10H2,1-3H3. The van der Waals surface area contributed by atoms with Crippen LogP contribution in [-0.2, 0) is 6.42 Å². The number of hydrogen-bond donors (Lipinski definition) is 0. The van der Waals surface area contributed by atoms with Crippen LogP contribution in [0.3, 0.4) is 0 Å². The Balaban J connectivity index is 2.66. The fraction of sp³-hybridized carbons (Fsp3) is 0.625. The van der Waals surface area contributed by atoms with E-state index in [1.54, 1.807) is 0 Å². The molecule has 1 aromatic carbocycles. The van der Waals surface area contributed by atoms with Crippen molar-refractivity contribution in [2.75, 3.05) is 13.2 Å². The van der Waals surface area contributed by atoms with Gasteiger partial charge in [-0.25, -0.2) is 0 Å². The largest absolute Gasteiger partial charge is 0.490 e. The minimum absolute atomic E-state index is 0.270. The lowest BCUT2D eigenvalue weighted by Crippen LogP contribution is -2.02. The molecule has 0 bridgehead atoms. The molecule has 2 nitrogen and oxygen atoms in total. The van der Waals surface area contributed by atoms with Gasteiger partial charge in [0, 0.05) is 5.38 Å². The molecule has 108 valence electrons. The Hall–Kier alpha value is -0.890. The Morgan fingerprint density at radius 3 is 2.32 bits per heavy atom. The normalized spacial score (nSPS) is 12.2. The molecule has 0 aliphatic carbocycles. The van der Waals surface area contributed by atoms with Crippen LogP contribution in [0.1, 0.15) is 45.6 Å². The van der Waals surface area contributed by atoms with E-state index in [-0.39, 0.29) is 5.38 Å². The first kappa shape index (κ1) is 16.2. The Bertz CT molecular complexity index is 366. The van der Waals surface area contributed by atoms with Crippen LogP contribution in [0.25, 0.3) is 0 Å². The van der Waals surface area contributed by atoms with Crippen LogP contribution in [-0.4, -0.2) is 18.6 Å². The average molecular weight is 285 g/mol. The number of halogens is 1. The summed E-state index contributed by atoms with van der Waals surface area (Å²) in [5.74, 6) is 1.66. The van der Waals surface area contributed by atoms with Gasteiger partial charge in [-0.2, -0.15) is 0 Å². The third-order valence-electron chi connectivity index (χ3n) is 2.96. The third kappa shape index (κ3) is 5.73. The van der Waals surface area contributed by atoms with Gasteiger partial charge in [0.25, 0.3) is 0 Å². The summed E-state index contributed by atoms with van der Waals surface area (Å²) in [7, 11) is 0. The van der Waals surface area contributed by atoms with E-state index >= 15 is 0 Å². The van der Waals surface area contributed by atoms with Crippen molar-refractivity contribution in [2.45, 2.75) is 51.8 Å². The fourth-order valence-electron chi connectivity index (χ4n) is 2.03. The number of alkyl halides is 1. The molecule has 19 heavy (non-hydrogen) atoms. The predicted octanol–water partition coefficient (Wildman–Crippen LogP) is 4.82. The molecule has 0 heterocycles. The number of hydrogen-bond acceptors (Lipinski definition) is 2. The summed E-state index contributed by atoms with van der Waals surface area (Å²) in [5.41, 5.74) is 1.26. The van der Waals surface area contributed by atoms with Crippen molar-refractivity contribution in [1.82, 2.24) is 0 Å². The molecule has 0 saturated carbocycles. The first-order chi connectivity index (χ1) is 9.21. The molecule has 1 atom stereocenters. The maximum absolute atomic E-state index is 6.26. The van der Waals surface area contributed by atoms with Gasteiger partial charge in [-0.05, 0) is 50.8 Å². The SMILES string of the molecule is CCCC(Cl)CCc1ccc(OCC)c(OCC)c1. The maximum atomic E-state index is 6.26. The van der Waals surface area contributed by atoms with Crippen LogP contribution in [0, 0.1) is 0 Å². The summed E-state index contributed by atoms with van der Waals surface area (Å²) in [4.78, 5) is 0. The minimum Gasteiger partial charge on any atom is -0.490 e. The van der Waals surface area contributed by atoms with E-state index in [2.05, 4.69) is 19.1 Å². The average Bonchev–Trinajstić information content (AvgIpc) is 2.40. The van der Waals surface area contributed by atoms with Gasteiger partial charge in [0.05, 0.1) is 13.2 Å². The Kier molecular flexibility index (Phi) is 7.73. The topological polar surface area (TPSA) is 18.5 Å². The second-order valence-corrected chi connectivity index (χ2v) is 5.19. The van der Waals surface area contributed by atoms with Gasteiger partial charge in [-0.1, -0.05) is 19.4 Å². The summed E-state index contributed by atoms with van der Waals surface area (Å²) in [6.07, 6.45) is 4.22. The van der Waals surface area contributed by atoms with Gasteiger partial charge < -0.3 is 9.47 Å². The monoisotopic (exact) mass is 284 g/mol. The summed E-state index contributed by atoms with van der Waals surface area (Å²) in [6, 6.07) is 6.17. The van der Waals surface area contributed by atoms with Gasteiger partial charge in [-0.15, -0.1) is 11.6 Å². The molecule has 0 aromatic heterocycles. The number of rotatable bonds is 9. The molecular weight excluding hydrogens is 260 g/mol. The van der Waals surface area contributed by atoms with E-state index in [0.29, 0.717) is 13.2 Å². The maximum Gasteiger partial charge on any atom is 0.161 e. The zero-order chi connectivity index (χ0) is 14.1. The summed E-state index contributed by atoms with van der Waals surface area (Å²) in [6.45, 7) is 7.43. The molecular formula is C16H25ClO2. The van der Waals surface area contributed by atoms with E-state index in [1.807, 2.05) is 19.9 Å². The first-order valence-corrected chi connectivity index (χ1v) is 7.67. The molecule has 0 amide bonds. The second-order valence-electron chi connectivity index (χ2n) is 4.57. The van der Waals surface area contributed by atoms with Gasteiger partial charge in [0.2, 0.25) is 0 Å². The number of ether oxygens (including phenoxy) is 2. The molecule has 0 aliphatic heterocycles. The Morgan fingerprint density at radius 2 is 1.68 bits per heavy atom. The molecule has 0 fully saturated rings. The van der Waals surface area contributed by atoms with E-state index < -0.39 is 0 Å². The quantitative estimate of drug-likeness (QED) is 0.605. The molecule has 1 aromatic rings. The number of benzene rings is 1. The van der Waals surface area contributed by atoms with Crippen molar-refractivity contribution >= 4 is 11.6 Å². The molecule has 0 radical (unpaired) electrons. The zero-order valence-electron chi connectivity index (χ0n) is 12.2. The van der Waals surface area contributed by atoms with E-state index in [4.69, 9.17) is 21.1 Å². The van der Waals surface area contributed by atoms with Crippen LogP contribution in [0.15, 0.2) is 18.2 Å². The van der Waals surface area contributed by atoms with Crippen LogP contribution in [0.4, 0.5) is 0 Å². The van der Waals surface area contributed by atoms with Crippen molar-refractivity contribution in [3.05, 3.63) is 23.8 Å². The molecule has 0 aliphatic rings. The van der Waals surface area contributed by atoms with Crippen LogP contribution in [0.2, 0.25) is 0 Å². The summed E-state index contributed by atoms with van der Waals surface area (Å²) >= 11 is 6.26. The Labute approximate surface area is 122 Å². The molecule has 3 heteroatoms. The van der Waals surface area contributed by atoms with Crippen molar-refractivity contribution in [1.29, 1.82) is 0 Å². The van der Waals surface area contributed by atoms with Crippen LogP contribution < -0.4 is 9.47 Å². The number of aryl methyl sites for hydroxylation is 1. The van der Waals surface area contributed by atoms with Gasteiger partial charge in [0.1, 0.15) is 0 Å². The molecule has 0 saturated heterocycles. The van der Waals surface area contributed by atoms with E-state index in [0.717, 1.165) is 37.2 Å². The highest BCUT2D eigenvalue weighted by molar-refractivity contribution is 6.20. The van der Waals surface area contributed by atoms with E-state index in [9.17, 15) is 0 Å². The lowest BCUT2D eigenvalue weighted by atomic mass is 10.1. The van der Waals surface area contributed by atoms with Gasteiger partial charge in [0.15, 0.2) is 11.5 Å². The van der Waals surface area contributed by atoms with Gasteiger partial charge in [-0.3, -0.25) is 0 Å². The Morgan fingerprint density at radius 1 is 1.00 bits per heavy atom. The van der Waals surface area contributed by atoms with Crippen molar-refractivity contribution in [3.63, 3.8) is 0 Å². The second kappa shape index (κ2) is 9.08. The van der Waals surface area contributed by atoms with Crippen molar-refractivity contribution < 1.29 is 9.47 Å². The molecule has 1 rings (SSSR count). The summed E-state index contributed by atoms with van der Waals surface area (Å²) in [5, 5.41) is 0.270. The lowest BCUT2D eigenvalue weighted by Gasteiger charge is -2.13. The van der Waals surface area contributed by atoms with E-state index in [1.165, 1.54) is 5.56 Å². The first-order valence-electron chi connectivity index (χ1n) is 7.23. The highest BCUT2D eigenvalue weighted by atomic mass is 35.5. The smallest absolute Gasteiger partial charge is 0.161 e. The van der Waals surface area contributed by atoms with Crippen LogP contribution in [0.5, 0.6) is 11.5 Å². The minimum atomic E-state index is 0.270. The third-order valence-corrected chi connectivity index (χ3v) is 3.39. The lowest BCUT2D eigenvalue weighted by molar-refractivity contribution is 0.287. The highest BCUT2D eigenvalue weighted by Crippen LogP contribution is 2.29. The van der Waals surface area contributed by atoms with Crippen LogP contribution >= 0.6 is 11.6 Å². The van der Waals surface area contributed by atoms with Crippen molar-refractivity contribution in [2.24, 2.45) is 0 Å². The summed E-state index contributed by atoms with van der Waals surface area (Å²) < 4.78 is 11.2. The fourth-order valence-corrected chi connectivity index (χ4v) is 2.36. The van der Waals surface area contributed by atoms with Crippen molar-refractivity contribution in [3.8, 4) is 11.5 Å². The molecule has 1 unspecified atom stereocenters.